The third-order valence-corrected chi connectivity index (χ3v) is 4.27. The molecular weight excluding hydrogens is 236 g/mol. The van der Waals surface area contributed by atoms with E-state index in [4.69, 9.17) is 0 Å². The fourth-order valence-corrected chi connectivity index (χ4v) is 3.03. The van der Waals surface area contributed by atoms with Crippen molar-refractivity contribution in [2.24, 2.45) is 7.05 Å². The molecule has 4 heteroatoms. The Morgan fingerprint density at radius 1 is 1.42 bits per heavy atom. The Bertz CT molecular complexity index is 374. The predicted molar refractivity (Wildman–Crippen MR) is 79.3 cm³/mol. The minimum atomic E-state index is 0.675. The van der Waals surface area contributed by atoms with Crippen LogP contribution >= 0.6 is 0 Å². The maximum Gasteiger partial charge on any atom is 0.109 e. The third-order valence-electron chi connectivity index (χ3n) is 4.27. The Labute approximate surface area is 117 Å². The largest absolute Gasteiger partial charge is 0.338 e. The van der Waals surface area contributed by atoms with Crippen LogP contribution in [0, 0.1) is 0 Å². The minimum Gasteiger partial charge on any atom is -0.338 e. The first-order chi connectivity index (χ1) is 9.24. The summed E-state index contributed by atoms with van der Waals surface area (Å²) in [5.41, 5.74) is 0. The van der Waals surface area contributed by atoms with Crippen LogP contribution in [0.3, 0.4) is 0 Å². The summed E-state index contributed by atoms with van der Waals surface area (Å²) >= 11 is 0. The minimum absolute atomic E-state index is 0.675. The number of imidazole rings is 1. The quantitative estimate of drug-likeness (QED) is 0.851. The van der Waals surface area contributed by atoms with Crippen LogP contribution in [0.1, 0.15) is 38.9 Å². The maximum atomic E-state index is 4.43. The zero-order valence-electron chi connectivity index (χ0n) is 12.6. The van der Waals surface area contributed by atoms with Gasteiger partial charge in [-0.3, -0.25) is 4.90 Å². The van der Waals surface area contributed by atoms with Crippen molar-refractivity contribution < 1.29 is 0 Å². The van der Waals surface area contributed by atoms with Crippen LogP contribution in [0.15, 0.2) is 12.4 Å². The van der Waals surface area contributed by atoms with Crippen LogP contribution in [0.4, 0.5) is 0 Å². The summed E-state index contributed by atoms with van der Waals surface area (Å²) in [6.07, 6.45) is 8.76. The Hall–Kier alpha value is -0.870. The van der Waals surface area contributed by atoms with E-state index < -0.39 is 0 Å². The topological polar surface area (TPSA) is 33.1 Å². The van der Waals surface area contributed by atoms with Crippen LogP contribution in [0.25, 0.3) is 0 Å². The van der Waals surface area contributed by atoms with E-state index in [1.165, 1.54) is 31.6 Å². The van der Waals surface area contributed by atoms with Crippen molar-refractivity contribution in [3.05, 3.63) is 18.2 Å². The van der Waals surface area contributed by atoms with E-state index in [-0.39, 0.29) is 0 Å². The summed E-state index contributed by atoms with van der Waals surface area (Å²) in [6.45, 7) is 8.02. The van der Waals surface area contributed by atoms with Crippen molar-refractivity contribution in [3.8, 4) is 0 Å². The molecule has 1 aliphatic rings. The zero-order chi connectivity index (χ0) is 13.7. The predicted octanol–water partition coefficient (Wildman–Crippen LogP) is 1.82. The monoisotopic (exact) mass is 264 g/mol. The van der Waals surface area contributed by atoms with E-state index in [9.17, 15) is 0 Å². The fourth-order valence-electron chi connectivity index (χ4n) is 3.03. The molecule has 0 spiro atoms. The van der Waals surface area contributed by atoms with Gasteiger partial charge < -0.3 is 9.88 Å². The fraction of sp³-hybridized carbons (Fsp3) is 0.800. The summed E-state index contributed by atoms with van der Waals surface area (Å²) in [7, 11) is 2.08. The third kappa shape index (κ3) is 3.80. The van der Waals surface area contributed by atoms with Gasteiger partial charge in [0.15, 0.2) is 0 Å². The molecule has 1 saturated heterocycles. The molecule has 19 heavy (non-hydrogen) atoms. The summed E-state index contributed by atoms with van der Waals surface area (Å²) in [4.78, 5) is 7.09. The average molecular weight is 264 g/mol. The molecular formula is C15H28N4. The van der Waals surface area contributed by atoms with Crippen molar-refractivity contribution in [1.29, 1.82) is 0 Å². The molecule has 1 aliphatic heterocycles. The molecule has 2 unspecified atom stereocenters. The Kier molecular flexibility index (Phi) is 5.40. The van der Waals surface area contributed by atoms with E-state index in [0.717, 1.165) is 19.5 Å². The molecule has 2 rings (SSSR count). The van der Waals surface area contributed by atoms with Gasteiger partial charge in [-0.2, -0.15) is 0 Å². The second kappa shape index (κ2) is 7.06. The Balaban J connectivity index is 1.89. The van der Waals surface area contributed by atoms with E-state index in [2.05, 4.69) is 40.7 Å². The van der Waals surface area contributed by atoms with Crippen LogP contribution < -0.4 is 5.32 Å². The molecule has 1 N–H and O–H groups in total. The summed E-state index contributed by atoms with van der Waals surface area (Å²) < 4.78 is 2.13. The number of piperazine rings is 1. The lowest BCUT2D eigenvalue weighted by molar-refractivity contribution is 0.123. The number of nitrogens with zero attached hydrogens (tertiary/aromatic N) is 3. The smallest absolute Gasteiger partial charge is 0.109 e. The first kappa shape index (κ1) is 14.5. The molecule has 1 fully saturated rings. The van der Waals surface area contributed by atoms with Gasteiger partial charge in [0, 0.05) is 57.6 Å². The van der Waals surface area contributed by atoms with E-state index >= 15 is 0 Å². The van der Waals surface area contributed by atoms with E-state index in [0.29, 0.717) is 12.1 Å². The van der Waals surface area contributed by atoms with Gasteiger partial charge in [0.05, 0.1) is 0 Å². The van der Waals surface area contributed by atoms with Crippen molar-refractivity contribution in [2.45, 2.75) is 51.6 Å². The number of aromatic nitrogens is 2. The lowest BCUT2D eigenvalue weighted by atomic mass is 10.0. The highest BCUT2D eigenvalue weighted by Crippen LogP contribution is 2.13. The van der Waals surface area contributed by atoms with Gasteiger partial charge in [-0.1, -0.05) is 20.3 Å². The number of hydrogen-bond donors (Lipinski definition) is 1. The number of hydrogen-bond acceptors (Lipinski definition) is 3. The standard InChI is InChI=1S/C15H28N4/c1-4-6-13-12-19(14(5-2)11-17-13)9-7-15-16-8-10-18(15)3/h8,10,13-14,17H,4-7,9,11-12H2,1-3H3. The van der Waals surface area contributed by atoms with Crippen molar-refractivity contribution in [2.75, 3.05) is 19.6 Å². The SMILES string of the molecule is CCCC1CN(CCc2nccn2C)C(CC)CN1. The van der Waals surface area contributed by atoms with Crippen molar-refractivity contribution >= 4 is 0 Å². The van der Waals surface area contributed by atoms with Crippen molar-refractivity contribution in [3.63, 3.8) is 0 Å². The molecule has 2 atom stereocenters. The second-order valence-electron chi connectivity index (χ2n) is 5.66. The average Bonchev–Trinajstić information content (AvgIpc) is 2.82. The van der Waals surface area contributed by atoms with Gasteiger partial charge in [0.25, 0.3) is 0 Å². The normalized spacial score (nSPS) is 24.8. The van der Waals surface area contributed by atoms with Crippen LogP contribution in [0.2, 0.25) is 0 Å². The highest BCUT2D eigenvalue weighted by Gasteiger charge is 2.25. The lowest BCUT2D eigenvalue weighted by Crippen LogP contribution is -2.56. The molecule has 4 nitrogen and oxygen atoms in total. The number of aryl methyl sites for hydroxylation is 1. The van der Waals surface area contributed by atoms with Gasteiger partial charge in [0.2, 0.25) is 0 Å². The highest BCUT2D eigenvalue weighted by molar-refractivity contribution is 4.93. The first-order valence-corrected chi connectivity index (χ1v) is 7.68. The van der Waals surface area contributed by atoms with Crippen molar-refractivity contribution in [1.82, 2.24) is 19.8 Å². The van der Waals surface area contributed by atoms with Gasteiger partial charge in [-0.25, -0.2) is 4.98 Å². The Morgan fingerprint density at radius 3 is 2.89 bits per heavy atom. The summed E-state index contributed by atoms with van der Waals surface area (Å²) in [5, 5.41) is 3.69. The maximum absolute atomic E-state index is 4.43. The van der Waals surface area contributed by atoms with E-state index in [1.54, 1.807) is 0 Å². The molecule has 108 valence electrons. The molecule has 0 saturated carbocycles. The molecule has 0 aliphatic carbocycles. The van der Waals surface area contributed by atoms with E-state index in [1.807, 2.05) is 12.4 Å². The summed E-state index contributed by atoms with van der Waals surface area (Å²) in [6, 6.07) is 1.36. The van der Waals surface area contributed by atoms with Crippen LogP contribution in [-0.2, 0) is 13.5 Å². The summed E-state index contributed by atoms with van der Waals surface area (Å²) in [5.74, 6) is 1.19. The Morgan fingerprint density at radius 2 is 2.26 bits per heavy atom. The van der Waals surface area contributed by atoms with Gasteiger partial charge >= 0.3 is 0 Å². The first-order valence-electron chi connectivity index (χ1n) is 7.68. The molecule has 0 aromatic carbocycles. The molecule has 0 radical (unpaired) electrons. The van der Waals surface area contributed by atoms with Gasteiger partial charge in [-0.05, 0) is 12.8 Å². The second-order valence-corrected chi connectivity index (χ2v) is 5.66. The zero-order valence-corrected chi connectivity index (χ0v) is 12.6. The molecule has 0 amide bonds. The molecule has 1 aromatic rings. The van der Waals surface area contributed by atoms with Gasteiger partial charge in [0.1, 0.15) is 5.82 Å². The molecule has 0 bridgehead atoms. The molecule has 1 aromatic heterocycles. The lowest BCUT2D eigenvalue weighted by Gasteiger charge is -2.40. The number of nitrogens with one attached hydrogen (secondary N) is 1. The van der Waals surface area contributed by atoms with Crippen LogP contribution in [0.5, 0.6) is 0 Å². The number of rotatable bonds is 6. The van der Waals surface area contributed by atoms with Crippen LogP contribution in [-0.4, -0.2) is 46.2 Å². The highest BCUT2D eigenvalue weighted by atomic mass is 15.2. The molecule has 2 heterocycles. The van der Waals surface area contributed by atoms with Gasteiger partial charge in [-0.15, -0.1) is 0 Å².